The highest BCUT2D eigenvalue weighted by molar-refractivity contribution is 5.25. The van der Waals surface area contributed by atoms with Crippen LogP contribution in [-0.2, 0) is 6.42 Å². The Bertz CT molecular complexity index is 389. The molecule has 1 heteroatoms. The molecule has 0 aromatic heterocycles. The lowest BCUT2D eigenvalue weighted by Gasteiger charge is -2.37. The zero-order valence-electron chi connectivity index (χ0n) is 15.0. The molecular formula is C20H35N. The lowest BCUT2D eigenvalue weighted by molar-refractivity contribution is 0.122. The summed E-state index contributed by atoms with van der Waals surface area (Å²) >= 11 is 0. The molecule has 1 atom stereocenters. The van der Waals surface area contributed by atoms with Gasteiger partial charge in [0.1, 0.15) is 0 Å². The van der Waals surface area contributed by atoms with Crippen LogP contribution >= 0.6 is 0 Å². The van der Waals surface area contributed by atoms with Crippen LogP contribution in [0.15, 0.2) is 24.3 Å². The first-order valence-electron chi connectivity index (χ1n) is 8.94. The quantitative estimate of drug-likeness (QED) is 0.686. The normalized spacial score (nSPS) is 18.2. The van der Waals surface area contributed by atoms with Crippen molar-refractivity contribution in [3.05, 3.63) is 35.4 Å². The maximum atomic E-state index is 2.66. The third kappa shape index (κ3) is 5.14. The molecule has 1 aliphatic heterocycles. The maximum absolute atomic E-state index is 2.66. The van der Waals surface area contributed by atoms with E-state index >= 15 is 0 Å². The summed E-state index contributed by atoms with van der Waals surface area (Å²) in [5, 5.41) is 0. The van der Waals surface area contributed by atoms with Crippen molar-refractivity contribution in [1.29, 1.82) is 0 Å². The van der Waals surface area contributed by atoms with Gasteiger partial charge in [-0.25, -0.2) is 0 Å². The number of hydrogen-bond acceptors (Lipinski definition) is 1. The summed E-state index contributed by atoms with van der Waals surface area (Å²) in [4.78, 5) is 2.66. The second kappa shape index (κ2) is 9.25. The smallest absolute Gasteiger partial charge is 0.0319 e. The first-order valence-corrected chi connectivity index (χ1v) is 8.94. The van der Waals surface area contributed by atoms with Gasteiger partial charge in [-0.3, -0.25) is 4.90 Å². The highest BCUT2D eigenvalue weighted by atomic mass is 15.2. The molecule has 1 aliphatic rings. The molecule has 0 N–H and O–H groups in total. The zero-order chi connectivity index (χ0) is 15.8. The minimum atomic E-state index is 0.569. The second-order valence-corrected chi connectivity index (χ2v) is 6.39. The van der Waals surface area contributed by atoms with E-state index < -0.39 is 0 Å². The summed E-state index contributed by atoms with van der Waals surface area (Å²) in [5.74, 6) is 1.78. The van der Waals surface area contributed by atoms with Crippen molar-refractivity contribution in [3.63, 3.8) is 0 Å². The van der Waals surface area contributed by atoms with E-state index in [9.17, 15) is 0 Å². The Hall–Kier alpha value is -0.820. The molecule has 1 aromatic carbocycles. The topological polar surface area (TPSA) is 3.24 Å². The summed E-state index contributed by atoms with van der Waals surface area (Å²) in [6.07, 6.45) is 3.88. The van der Waals surface area contributed by atoms with Crippen LogP contribution in [0.4, 0.5) is 0 Å². The number of benzene rings is 1. The average molecular weight is 290 g/mol. The van der Waals surface area contributed by atoms with E-state index in [1.807, 2.05) is 13.8 Å². The molecule has 0 spiro atoms. The molecule has 0 saturated carbocycles. The van der Waals surface area contributed by atoms with Gasteiger partial charge in [-0.15, -0.1) is 0 Å². The molecule has 0 amide bonds. The van der Waals surface area contributed by atoms with E-state index in [2.05, 4.69) is 56.9 Å². The van der Waals surface area contributed by atoms with Gasteiger partial charge >= 0.3 is 0 Å². The van der Waals surface area contributed by atoms with Crippen molar-refractivity contribution in [2.75, 3.05) is 13.1 Å². The first-order chi connectivity index (χ1) is 10.1. The number of hydrogen-bond donors (Lipinski definition) is 0. The van der Waals surface area contributed by atoms with Crippen molar-refractivity contribution >= 4 is 0 Å². The van der Waals surface area contributed by atoms with Crippen LogP contribution in [0.2, 0.25) is 0 Å². The SMILES string of the molecule is CC.CCc1cccc(C(C)N2CCC(C(C)C)CC2)c1. The van der Waals surface area contributed by atoms with E-state index in [-0.39, 0.29) is 0 Å². The van der Waals surface area contributed by atoms with Crippen LogP contribution < -0.4 is 0 Å². The molecule has 0 aliphatic carbocycles. The molecule has 1 aromatic rings. The standard InChI is InChI=1S/C18H29N.C2H6/c1-5-16-7-6-8-18(13-16)15(4)19-11-9-17(10-12-19)14(2)3;1-2/h6-8,13-15,17H,5,9-12H2,1-4H3;1-2H3. The predicted octanol–water partition coefficient (Wildman–Crippen LogP) is 5.70. The van der Waals surface area contributed by atoms with Gasteiger partial charge in [0.2, 0.25) is 0 Å². The van der Waals surface area contributed by atoms with Crippen molar-refractivity contribution in [1.82, 2.24) is 4.90 Å². The molecule has 1 fully saturated rings. The zero-order valence-corrected chi connectivity index (χ0v) is 15.0. The van der Waals surface area contributed by atoms with E-state index in [1.54, 1.807) is 0 Å². The second-order valence-electron chi connectivity index (χ2n) is 6.39. The number of aryl methyl sites for hydroxylation is 1. The van der Waals surface area contributed by atoms with Crippen LogP contribution in [-0.4, -0.2) is 18.0 Å². The molecule has 2 rings (SSSR count). The average Bonchev–Trinajstić information content (AvgIpc) is 2.56. The van der Waals surface area contributed by atoms with Crippen molar-refractivity contribution in [3.8, 4) is 0 Å². The number of nitrogens with zero attached hydrogens (tertiary/aromatic N) is 1. The Labute approximate surface area is 132 Å². The molecule has 21 heavy (non-hydrogen) atoms. The van der Waals surface area contributed by atoms with E-state index in [0.29, 0.717) is 6.04 Å². The molecule has 1 heterocycles. The molecular weight excluding hydrogens is 254 g/mol. The lowest BCUT2D eigenvalue weighted by atomic mass is 9.86. The monoisotopic (exact) mass is 289 g/mol. The van der Waals surface area contributed by atoms with Gasteiger partial charge in [0, 0.05) is 6.04 Å². The van der Waals surface area contributed by atoms with Crippen molar-refractivity contribution in [2.45, 2.75) is 66.8 Å². The fraction of sp³-hybridized carbons (Fsp3) is 0.700. The van der Waals surface area contributed by atoms with Crippen LogP contribution in [0, 0.1) is 11.8 Å². The van der Waals surface area contributed by atoms with Gasteiger partial charge in [-0.1, -0.05) is 58.9 Å². The molecule has 1 unspecified atom stereocenters. The van der Waals surface area contributed by atoms with Crippen LogP contribution in [0.3, 0.4) is 0 Å². The fourth-order valence-electron chi connectivity index (χ4n) is 3.26. The van der Waals surface area contributed by atoms with Crippen LogP contribution in [0.5, 0.6) is 0 Å². The summed E-state index contributed by atoms with van der Waals surface area (Å²) in [7, 11) is 0. The lowest BCUT2D eigenvalue weighted by Crippen LogP contribution is -2.37. The molecule has 0 radical (unpaired) electrons. The highest BCUT2D eigenvalue weighted by Crippen LogP contribution is 2.30. The van der Waals surface area contributed by atoms with E-state index in [0.717, 1.165) is 18.3 Å². The Morgan fingerprint density at radius 2 is 1.71 bits per heavy atom. The molecule has 1 nitrogen and oxygen atoms in total. The first kappa shape index (κ1) is 18.2. The Morgan fingerprint density at radius 3 is 2.24 bits per heavy atom. The minimum Gasteiger partial charge on any atom is -0.297 e. The van der Waals surface area contributed by atoms with Crippen LogP contribution in [0.1, 0.15) is 71.6 Å². The summed E-state index contributed by atoms with van der Waals surface area (Å²) in [6.45, 7) is 15.9. The summed E-state index contributed by atoms with van der Waals surface area (Å²) in [5.41, 5.74) is 2.95. The van der Waals surface area contributed by atoms with Gasteiger partial charge in [0.25, 0.3) is 0 Å². The third-order valence-corrected chi connectivity index (χ3v) is 4.91. The minimum absolute atomic E-state index is 0.569. The predicted molar refractivity (Wildman–Crippen MR) is 94.7 cm³/mol. The van der Waals surface area contributed by atoms with Crippen LogP contribution in [0.25, 0.3) is 0 Å². The van der Waals surface area contributed by atoms with Crippen molar-refractivity contribution in [2.24, 2.45) is 11.8 Å². The summed E-state index contributed by atoms with van der Waals surface area (Å²) in [6, 6.07) is 9.70. The Kier molecular flexibility index (Phi) is 8.03. The van der Waals surface area contributed by atoms with E-state index in [4.69, 9.17) is 0 Å². The van der Waals surface area contributed by atoms with Gasteiger partial charge in [-0.2, -0.15) is 0 Å². The third-order valence-electron chi connectivity index (χ3n) is 4.91. The van der Waals surface area contributed by atoms with Gasteiger partial charge < -0.3 is 0 Å². The Balaban J connectivity index is 0.00000106. The van der Waals surface area contributed by atoms with Gasteiger partial charge in [0.05, 0.1) is 0 Å². The number of rotatable bonds is 4. The van der Waals surface area contributed by atoms with Crippen molar-refractivity contribution < 1.29 is 0 Å². The fourth-order valence-corrected chi connectivity index (χ4v) is 3.26. The number of likely N-dealkylation sites (tertiary alicyclic amines) is 1. The molecule has 1 saturated heterocycles. The number of piperidine rings is 1. The van der Waals surface area contributed by atoms with Gasteiger partial charge in [-0.05, 0) is 62.2 Å². The maximum Gasteiger partial charge on any atom is 0.0319 e. The van der Waals surface area contributed by atoms with Gasteiger partial charge in [0.15, 0.2) is 0 Å². The largest absolute Gasteiger partial charge is 0.297 e. The summed E-state index contributed by atoms with van der Waals surface area (Å²) < 4.78 is 0. The molecule has 120 valence electrons. The highest BCUT2D eigenvalue weighted by Gasteiger charge is 2.24. The Morgan fingerprint density at radius 1 is 1.10 bits per heavy atom. The van der Waals surface area contributed by atoms with E-state index in [1.165, 1.54) is 37.1 Å². The molecule has 0 bridgehead atoms.